The van der Waals surface area contributed by atoms with E-state index in [0.29, 0.717) is 32.3 Å². The minimum atomic E-state index is 0. The summed E-state index contributed by atoms with van der Waals surface area (Å²) < 4.78 is 23.4. The molecule has 10 rings (SSSR count). The van der Waals surface area contributed by atoms with E-state index in [-0.39, 0.29) is 59.9 Å². The van der Waals surface area contributed by atoms with Crippen LogP contribution in [-0.4, -0.2) is 85.6 Å². The number of carbonyl (C=O) groups is 4. The molecule has 2 aromatic heterocycles. The van der Waals surface area contributed by atoms with E-state index in [0.717, 1.165) is 91.8 Å². The topological polar surface area (TPSA) is 137 Å². The maximum absolute atomic E-state index is 11.4. The zero-order valence-electron chi connectivity index (χ0n) is 33.0. The van der Waals surface area contributed by atoms with Gasteiger partial charge >= 0.3 is 0 Å². The van der Waals surface area contributed by atoms with E-state index >= 15 is 0 Å². The fraction of sp³-hybridized carbons (Fsp3) is 0.348. The van der Waals surface area contributed by atoms with Crippen molar-refractivity contribution in [3.05, 3.63) is 143 Å². The predicted molar refractivity (Wildman–Crippen MR) is 214 cm³/mol. The second kappa shape index (κ2) is 21.5. The summed E-state index contributed by atoms with van der Waals surface area (Å²) >= 11 is 0. The van der Waals surface area contributed by atoms with Gasteiger partial charge in [-0.25, -0.2) is 4.57 Å². The van der Waals surface area contributed by atoms with Gasteiger partial charge in [-0.3, -0.25) is 29.1 Å². The first-order valence-corrected chi connectivity index (χ1v) is 19.8. The highest BCUT2D eigenvalue weighted by Crippen LogP contribution is 2.27. The number of rotatable bonds is 4. The van der Waals surface area contributed by atoms with Gasteiger partial charge in [-0.05, 0) is 22.8 Å². The van der Waals surface area contributed by atoms with Crippen LogP contribution >= 0.6 is 0 Å². The number of aromatic nitrogens is 2. The molecule has 0 spiro atoms. The van der Waals surface area contributed by atoms with Crippen LogP contribution in [0.5, 0.6) is 11.5 Å². The summed E-state index contributed by atoms with van der Waals surface area (Å²) in [5, 5.41) is 3.21. The molecule has 308 valence electrons. The molecule has 0 amide bonds. The Morgan fingerprint density at radius 3 is 1.95 bits per heavy atom. The molecular weight excluding hydrogens is 816 g/mol. The number of nitrogens with one attached hydrogen (secondary N) is 1. The molecular formula is C46H49BrN4O8. The molecule has 0 saturated heterocycles. The number of nitrogens with zero attached hydrogens (tertiary/aromatic N) is 3. The molecule has 0 bridgehead atoms. The Morgan fingerprint density at radius 2 is 1.24 bits per heavy atom. The van der Waals surface area contributed by atoms with Crippen LogP contribution in [0, 0.1) is 0 Å². The summed E-state index contributed by atoms with van der Waals surface area (Å²) in [7, 11) is 0. The van der Waals surface area contributed by atoms with Gasteiger partial charge in [0.15, 0.2) is 42.1 Å². The highest BCUT2D eigenvalue weighted by Gasteiger charge is 2.26. The molecule has 12 nitrogen and oxygen atoms in total. The lowest BCUT2D eigenvalue weighted by Crippen LogP contribution is -3.00. The van der Waals surface area contributed by atoms with Gasteiger partial charge in [0, 0.05) is 101 Å². The van der Waals surface area contributed by atoms with Gasteiger partial charge in [0.1, 0.15) is 37.9 Å². The summed E-state index contributed by atoms with van der Waals surface area (Å²) in [6.07, 6.45) is 11.3. The molecule has 59 heavy (non-hydrogen) atoms. The van der Waals surface area contributed by atoms with E-state index in [1.54, 1.807) is 18.5 Å². The van der Waals surface area contributed by atoms with Gasteiger partial charge in [-0.15, -0.1) is 0 Å². The van der Waals surface area contributed by atoms with E-state index in [9.17, 15) is 19.2 Å². The van der Waals surface area contributed by atoms with Crippen molar-refractivity contribution < 1.29 is 59.7 Å². The van der Waals surface area contributed by atoms with E-state index < -0.39 is 0 Å². The third-order valence-electron chi connectivity index (χ3n) is 10.3. The minimum absolute atomic E-state index is 0. The Hall–Kier alpha value is -5.50. The number of Topliss-reactive ketones (excluding diaryl/α,β-unsaturated/α-hetero) is 4. The second-order valence-corrected chi connectivity index (χ2v) is 14.9. The molecule has 8 heterocycles. The molecule has 0 aliphatic carbocycles. The van der Waals surface area contributed by atoms with Crippen molar-refractivity contribution in [2.45, 2.75) is 51.6 Å². The van der Waals surface area contributed by atoms with Crippen molar-refractivity contribution in [2.75, 3.05) is 52.6 Å². The SMILES string of the molecule is O=C1COC2=C(C1)CN(Cc1ccccc1)CC2.O=C1COC2=C(CNCC2)C1.O=C1COc2cc[n+](Cc3ccccc3)cc2C1.O=C1COc2ccncc2C1.[Br-]. The summed E-state index contributed by atoms with van der Waals surface area (Å²) in [5.74, 6) is 4.41. The van der Waals surface area contributed by atoms with Crippen molar-refractivity contribution in [3.8, 4) is 11.5 Å². The largest absolute Gasteiger partial charge is 1.00 e. The van der Waals surface area contributed by atoms with Crippen LogP contribution < -0.4 is 36.3 Å². The predicted octanol–water partition coefficient (Wildman–Crippen LogP) is 1.48. The van der Waals surface area contributed by atoms with Gasteiger partial charge in [0.2, 0.25) is 0 Å². The van der Waals surface area contributed by atoms with Crippen molar-refractivity contribution in [1.29, 1.82) is 0 Å². The zero-order valence-corrected chi connectivity index (χ0v) is 34.6. The third kappa shape index (κ3) is 12.7. The average Bonchev–Trinajstić information content (AvgIpc) is 3.25. The number of hydrogen-bond acceptors (Lipinski definition) is 11. The highest BCUT2D eigenvalue weighted by molar-refractivity contribution is 5.85. The number of pyridine rings is 2. The van der Waals surface area contributed by atoms with Gasteiger partial charge < -0.3 is 41.2 Å². The molecule has 0 atom stereocenters. The van der Waals surface area contributed by atoms with Crippen molar-refractivity contribution in [1.82, 2.24) is 15.2 Å². The first-order chi connectivity index (χ1) is 28.3. The summed E-state index contributed by atoms with van der Waals surface area (Å²) in [6, 6.07) is 24.4. The average molecular weight is 866 g/mol. The Labute approximate surface area is 355 Å². The molecule has 13 heteroatoms. The molecule has 4 aromatic rings. The summed E-state index contributed by atoms with van der Waals surface area (Å²) in [6.45, 7) is 6.43. The molecule has 0 fully saturated rings. The number of ketones is 4. The Bertz CT molecular complexity index is 2180. The van der Waals surface area contributed by atoms with Crippen LogP contribution in [0.4, 0.5) is 0 Å². The van der Waals surface area contributed by atoms with E-state index in [1.807, 2.05) is 42.7 Å². The first kappa shape index (κ1) is 43.1. The molecule has 0 saturated carbocycles. The third-order valence-corrected chi connectivity index (χ3v) is 10.3. The molecule has 6 aliphatic heterocycles. The Morgan fingerprint density at radius 1 is 0.644 bits per heavy atom. The van der Waals surface area contributed by atoms with Crippen LogP contribution in [0.15, 0.2) is 120 Å². The Balaban J connectivity index is 0.000000135. The molecule has 0 radical (unpaired) electrons. The lowest BCUT2D eigenvalue weighted by atomic mass is 9.99. The van der Waals surface area contributed by atoms with Crippen LogP contribution in [0.25, 0.3) is 0 Å². The smallest absolute Gasteiger partial charge is 0.176 e. The van der Waals surface area contributed by atoms with E-state index in [2.05, 4.69) is 56.2 Å². The number of ether oxygens (including phenoxy) is 4. The van der Waals surface area contributed by atoms with Crippen LogP contribution in [0.2, 0.25) is 0 Å². The van der Waals surface area contributed by atoms with E-state index in [4.69, 9.17) is 18.9 Å². The fourth-order valence-corrected chi connectivity index (χ4v) is 7.42. The van der Waals surface area contributed by atoms with Crippen LogP contribution in [0.3, 0.4) is 0 Å². The normalized spacial score (nSPS) is 18.0. The number of fused-ring (bicyclic) bond motifs is 2. The second-order valence-electron chi connectivity index (χ2n) is 14.9. The molecule has 0 unspecified atom stereocenters. The number of halogens is 1. The molecule has 6 aliphatic rings. The van der Waals surface area contributed by atoms with Gasteiger partial charge in [0.05, 0.1) is 17.1 Å². The number of carbonyl (C=O) groups excluding carboxylic acids is 4. The highest BCUT2D eigenvalue weighted by atomic mass is 79.9. The monoisotopic (exact) mass is 864 g/mol. The van der Waals surface area contributed by atoms with Crippen molar-refractivity contribution in [2.24, 2.45) is 0 Å². The minimum Gasteiger partial charge on any atom is -1.00 e. The molecule has 2 aromatic carbocycles. The standard InChI is InChI=1S/C15H17NO2.C15H14NO2.C8H11NO2.C8H7NO2.BrH/c2*17-14-8-13-10-16(7-6-15(13)18-11-14)9-12-4-2-1-3-5-12;2*10-7-3-6-4-9-2-1-8(6)11-5-7;/h1-5H,6-11H2;1-7,10H,8-9,11H2;9H,1-5H2;1-2,4H,3,5H2;1H/q;+1;;;/p-1. The fourth-order valence-electron chi connectivity index (χ4n) is 7.42. The van der Waals surface area contributed by atoms with Gasteiger partial charge in [-0.1, -0.05) is 60.7 Å². The maximum Gasteiger partial charge on any atom is 0.176 e. The number of hydrogen-bond donors (Lipinski definition) is 1. The molecule has 1 N–H and O–H groups in total. The summed E-state index contributed by atoms with van der Waals surface area (Å²) in [4.78, 5) is 50.9. The van der Waals surface area contributed by atoms with E-state index in [1.165, 1.54) is 16.7 Å². The lowest BCUT2D eigenvalue weighted by Gasteiger charge is -2.32. The Kier molecular flexibility index (Phi) is 15.7. The van der Waals surface area contributed by atoms with Crippen LogP contribution in [0.1, 0.15) is 47.9 Å². The van der Waals surface area contributed by atoms with Gasteiger partial charge in [-0.2, -0.15) is 0 Å². The zero-order chi connectivity index (χ0) is 40.1. The van der Waals surface area contributed by atoms with Crippen LogP contribution in [-0.2, 0) is 54.6 Å². The lowest BCUT2D eigenvalue weighted by molar-refractivity contribution is -0.688. The van der Waals surface area contributed by atoms with Crippen molar-refractivity contribution >= 4 is 23.1 Å². The van der Waals surface area contributed by atoms with Crippen molar-refractivity contribution in [3.63, 3.8) is 0 Å². The maximum atomic E-state index is 11.4. The summed E-state index contributed by atoms with van der Waals surface area (Å²) in [5.41, 5.74) is 6.78. The quantitative estimate of drug-likeness (QED) is 0.299. The first-order valence-electron chi connectivity index (χ1n) is 19.8. The van der Waals surface area contributed by atoms with Gasteiger partial charge in [0.25, 0.3) is 0 Å². The number of benzene rings is 2.